The second-order valence-corrected chi connectivity index (χ2v) is 3.90. The summed E-state index contributed by atoms with van der Waals surface area (Å²) >= 11 is 0. The number of benzene rings is 1. The number of nitrogens with one attached hydrogen (secondary N) is 1. The lowest BCUT2D eigenvalue weighted by molar-refractivity contribution is 0.399. The molecule has 3 aromatic rings. The Kier molecular flexibility index (Phi) is 2.37. The maximum atomic E-state index is 5.93. The molecule has 5 heteroatoms. The van der Waals surface area contributed by atoms with Crippen molar-refractivity contribution >= 4 is 16.9 Å². The first kappa shape index (κ1) is 10.6. The van der Waals surface area contributed by atoms with E-state index in [4.69, 9.17) is 10.5 Å². The fraction of sp³-hybridized carbons (Fsp3) is 0.0769. The van der Waals surface area contributed by atoms with E-state index < -0.39 is 0 Å². The molecule has 3 rings (SSSR count). The van der Waals surface area contributed by atoms with E-state index in [-0.39, 0.29) is 0 Å². The maximum absolute atomic E-state index is 5.93. The molecule has 0 aliphatic heterocycles. The van der Waals surface area contributed by atoms with Crippen LogP contribution in [0.15, 0.2) is 36.4 Å². The molecule has 5 nitrogen and oxygen atoms in total. The molecule has 2 aromatic heterocycles. The highest BCUT2D eigenvalue weighted by molar-refractivity contribution is 5.80. The quantitative estimate of drug-likeness (QED) is 0.673. The Bertz CT molecular complexity index is 705. The van der Waals surface area contributed by atoms with E-state index in [0.717, 1.165) is 11.1 Å². The van der Waals surface area contributed by atoms with Crippen LogP contribution in [0.4, 0.5) is 5.69 Å². The Morgan fingerprint density at radius 1 is 1.11 bits per heavy atom. The van der Waals surface area contributed by atoms with Crippen LogP contribution in [-0.2, 0) is 0 Å². The van der Waals surface area contributed by atoms with Gasteiger partial charge in [0.15, 0.2) is 5.65 Å². The normalized spacial score (nSPS) is 10.7. The summed E-state index contributed by atoms with van der Waals surface area (Å²) in [5.41, 5.74) is 8.95. The van der Waals surface area contributed by atoms with Gasteiger partial charge in [0.05, 0.1) is 12.6 Å². The molecule has 0 radical (unpaired) electrons. The summed E-state index contributed by atoms with van der Waals surface area (Å²) in [5, 5.41) is 0. The zero-order valence-corrected chi connectivity index (χ0v) is 9.84. The van der Waals surface area contributed by atoms with Crippen molar-refractivity contribution < 1.29 is 4.74 Å². The molecule has 0 unspecified atom stereocenters. The van der Waals surface area contributed by atoms with E-state index in [9.17, 15) is 0 Å². The summed E-state index contributed by atoms with van der Waals surface area (Å²) in [5.74, 6) is 1.26. The lowest BCUT2D eigenvalue weighted by Crippen LogP contribution is -1.90. The van der Waals surface area contributed by atoms with Gasteiger partial charge in [-0.25, -0.2) is 4.98 Å². The van der Waals surface area contributed by atoms with Gasteiger partial charge in [0.2, 0.25) is 5.88 Å². The van der Waals surface area contributed by atoms with Gasteiger partial charge in [0.1, 0.15) is 5.82 Å². The summed E-state index contributed by atoms with van der Waals surface area (Å²) in [4.78, 5) is 11.9. The van der Waals surface area contributed by atoms with Crippen LogP contribution in [0.25, 0.3) is 22.6 Å². The third-order valence-corrected chi connectivity index (χ3v) is 2.75. The van der Waals surface area contributed by atoms with Crippen molar-refractivity contribution in [2.24, 2.45) is 0 Å². The number of H-pyrrole nitrogens is 1. The van der Waals surface area contributed by atoms with E-state index in [0.29, 0.717) is 23.0 Å². The SMILES string of the molecule is COc1ccc2[nH]c(-c3ccccc3N)nc2n1. The Hall–Kier alpha value is -2.56. The average molecular weight is 240 g/mol. The van der Waals surface area contributed by atoms with Crippen molar-refractivity contribution in [1.82, 2.24) is 15.0 Å². The molecular formula is C13H12N4O. The minimum atomic E-state index is 0.543. The Morgan fingerprint density at radius 3 is 2.72 bits per heavy atom. The topological polar surface area (TPSA) is 76.8 Å². The van der Waals surface area contributed by atoms with Crippen LogP contribution >= 0.6 is 0 Å². The van der Waals surface area contributed by atoms with E-state index in [2.05, 4.69) is 15.0 Å². The molecule has 90 valence electrons. The number of fused-ring (bicyclic) bond motifs is 1. The number of methoxy groups -OCH3 is 1. The first-order chi connectivity index (χ1) is 8.78. The van der Waals surface area contributed by atoms with Crippen LogP contribution in [-0.4, -0.2) is 22.1 Å². The maximum Gasteiger partial charge on any atom is 0.215 e. The number of nitrogens with two attached hydrogens (primary N) is 1. The molecular weight excluding hydrogens is 228 g/mol. The fourth-order valence-corrected chi connectivity index (χ4v) is 1.83. The third kappa shape index (κ3) is 1.66. The zero-order chi connectivity index (χ0) is 12.5. The van der Waals surface area contributed by atoms with Crippen molar-refractivity contribution in [2.75, 3.05) is 12.8 Å². The van der Waals surface area contributed by atoms with Gasteiger partial charge in [-0.2, -0.15) is 4.98 Å². The van der Waals surface area contributed by atoms with E-state index in [1.165, 1.54) is 0 Å². The van der Waals surface area contributed by atoms with Gasteiger partial charge in [-0.3, -0.25) is 0 Å². The molecule has 2 heterocycles. The minimum absolute atomic E-state index is 0.543. The lowest BCUT2D eigenvalue weighted by atomic mass is 10.2. The Balaban J connectivity index is 2.17. The van der Waals surface area contributed by atoms with Gasteiger partial charge in [0.25, 0.3) is 0 Å². The standard InChI is InChI=1S/C13H12N4O/c1-18-11-7-6-10-13(16-11)17-12(15-10)8-4-2-3-5-9(8)14/h2-7H,14H2,1H3,(H,15,16,17). The number of anilines is 1. The smallest absolute Gasteiger partial charge is 0.215 e. The van der Waals surface area contributed by atoms with E-state index >= 15 is 0 Å². The summed E-state index contributed by atoms with van der Waals surface area (Å²) in [7, 11) is 1.58. The first-order valence-electron chi connectivity index (χ1n) is 5.53. The van der Waals surface area contributed by atoms with Crippen LogP contribution < -0.4 is 10.5 Å². The number of hydrogen-bond donors (Lipinski definition) is 2. The van der Waals surface area contributed by atoms with Crippen molar-refractivity contribution in [1.29, 1.82) is 0 Å². The number of para-hydroxylation sites is 1. The third-order valence-electron chi connectivity index (χ3n) is 2.75. The highest BCUT2D eigenvalue weighted by Gasteiger charge is 2.09. The van der Waals surface area contributed by atoms with Gasteiger partial charge in [-0.15, -0.1) is 0 Å². The van der Waals surface area contributed by atoms with Gasteiger partial charge < -0.3 is 15.5 Å². The number of nitrogens with zero attached hydrogens (tertiary/aromatic N) is 2. The van der Waals surface area contributed by atoms with Crippen molar-refractivity contribution in [3.05, 3.63) is 36.4 Å². The van der Waals surface area contributed by atoms with E-state index in [1.54, 1.807) is 13.2 Å². The molecule has 3 N–H and O–H groups in total. The van der Waals surface area contributed by atoms with Crippen LogP contribution in [0.3, 0.4) is 0 Å². The van der Waals surface area contributed by atoms with Crippen LogP contribution in [0.5, 0.6) is 5.88 Å². The van der Waals surface area contributed by atoms with Crippen LogP contribution in [0.2, 0.25) is 0 Å². The molecule has 1 aromatic carbocycles. The number of aromatic nitrogens is 3. The number of aromatic amines is 1. The van der Waals surface area contributed by atoms with Crippen molar-refractivity contribution in [2.45, 2.75) is 0 Å². The fourth-order valence-electron chi connectivity index (χ4n) is 1.83. The molecule has 18 heavy (non-hydrogen) atoms. The molecule has 0 atom stereocenters. The molecule has 0 saturated carbocycles. The number of ether oxygens (including phenoxy) is 1. The largest absolute Gasteiger partial charge is 0.481 e. The number of rotatable bonds is 2. The number of hydrogen-bond acceptors (Lipinski definition) is 4. The zero-order valence-electron chi connectivity index (χ0n) is 9.84. The van der Waals surface area contributed by atoms with Crippen LogP contribution in [0.1, 0.15) is 0 Å². The number of nitrogen functional groups attached to an aromatic ring is 1. The highest BCUT2D eigenvalue weighted by Crippen LogP contribution is 2.25. The monoisotopic (exact) mass is 240 g/mol. The molecule has 0 fully saturated rings. The molecule has 0 aliphatic carbocycles. The first-order valence-corrected chi connectivity index (χ1v) is 5.53. The average Bonchev–Trinajstić information content (AvgIpc) is 2.81. The molecule has 0 amide bonds. The second kappa shape index (κ2) is 4.03. The van der Waals surface area contributed by atoms with Crippen molar-refractivity contribution in [3.8, 4) is 17.3 Å². The summed E-state index contributed by atoms with van der Waals surface area (Å²) < 4.78 is 5.07. The summed E-state index contributed by atoms with van der Waals surface area (Å²) in [6, 6.07) is 11.3. The highest BCUT2D eigenvalue weighted by atomic mass is 16.5. The van der Waals surface area contributed by atoms with Gasteiger partial charge in [-0.05, 0) is 18.2 Å². The van der Waals surface area contributed by atoms with Gasteiger partial charge in [-0.1, -0.05) is 12.1 Å². The second-order valence-electron chi connectivity index (χ2n) is 3.90. The molecule has 0 bridgehead atoms. The predicted molar refractivity (Wildman–Crippen MR) is 70.3 cm³/mol. The lowest BCUT2D eigenvalue weighted by Gasteiger charge is -1.99. The van der Waals surface area contributed by atoms with Crippen LogP contribution in [0, 0.1) is 0 Å². The predicted octanol–water partition coefficient (Wildman–Crippen LogP) is 2.22. The van der Waals surface area contributed by atoms with Gasteiger partial charge >= 0.3 is 0 Å². The molecule has 0 spiro atoms. The molecule has 0 aliphatic rings. The minimum Gasteiger partial charge on any atom is -0.481 e. The Morgan fingerprint density at radius 2 is 1.94 bits per heavy atom. The molecule has 0 saturated heterocycles. The number of pyridine rings is 1. The summed E-state index contributed by atoms with van der Waals surface area (Å²) in [6.07, 6.45) is 0. The number of imidazole rings is 1. The Labute approximate surface area is 104 Å². The van der Waals surface area contributed by atoms with Gasteiger partial charge in [0, 0.05) is 17.3 Å². The van der Waals surface area contributed by atoms with Crippen molar-refractivity contribution in [3.63, 3.8) is 0 Å². The summed E-state index contributed by atoms with van der Waals surface area (Å²) in [6.45, 7) is 0. The van der Waals surface area contributed by atoms with E-state index in [1.807, 2.05) is 30.3 Å².